The van der Waals surface area contributed by atoms with Crippen LogP contribution in [-0.2, 0) is 10.0 Å². The van der Waals surface area contributed by atoms with E-state index in [1.165, 1.54) is 0 Å². The number of hydrogen-bond donors (Lipinski definition) is 1. The lowest BCUT2D eigenvalue weighted by Gasteiger charge is -2.21. The molecule has 0 unspecified atom stereocenters. The van der Waals surface area contributed by atoms with Gasteiger partial charge in [0.1, 0.15) is 0 Å². The summed E-state index contributed by atoms with van der Waals surface area (Å²) in [5.74, 6) is 0. The minimum atomic E-state index is -3.55. The van der Waals surface area contributed by atoms with Gasteiger partial charge in [-0.2, -0.15) is 0 Å². The van der Waals surface area contributed by atoms with Crippen molar-refractivity contribution in [2.45, 2.75) is 25.7 Å². The second-order valence-electron chi connectivity index (χ2n) is 5.14. The number of anilines is 2. The molecule has 0 spiro atoms. The lowest BCUT2D eigenvalue weighted by molar-refractivity contribution is 0.601. The molecule has 2 aromatic carbocycles. The number of rotatable bonds is 6. The molecular weight excluding hydrogens is 296 g/mol. The third-order valence-corrected chi connectivity index (χ3v) is 4.96. The fourth-order valence-corrected chi connectivity index (χ4v) is 3.34. The highest BCUT2D eigenvalue weighted by Gasteiger charge is 2.14. The van der Waals surface area contributed by atoms with E-state index in [0.29, 0.717) is 5.69 Å². The molecule has 0 aliphatic carbocycles. The van der Waals surface area contributed by atoms with Gasteiger partial charge in [0.05, 0.1) is 10.6 Å². The molecule has 0 saturated carbocycles. The van der Waals surface area contributed by atoms with Gasteiger partial charge in [0.15, 0.2) is 0 Å². The predicted molar refractivity (Wildman–Crippen MR) is 92.0 cm³/mol. The minimum absolute atomic E-state index is 0.270. The maximum absolute atomic E-state index is 12.4. The molecule has 4 nitrogen and oxygen atoms in total. The molecule has 0 atom stereocenters. The number of hydrogen-bond acceptors (Lipinski definition) is 3. The summed E-state index contributed by atoms with van der Waals surface area (Å²) in [6.07, 6.45) is 0. The lowest BCUT2D eigenvalue weighted by atomic mass is 10.2. The third-order valence-electron chi connectivity index (χ3n) is 3.56. The molecular formula is C17H22N2O2S. The van der Waals surface area contributed by atoms with Crippen LogP contribution in [0.2, 0.25) is 0 Å². The van der Waals surface area contributed by atoms with Gasteiger partial charge < -0.3 is 4.90 Å². The van der Waals surface area contributed by atoms with Crippen molar-refractivity contribution in [3.05, 3.63) is 54.1 Å². The topological polar surface area (TPSA) is 49.4 Å². The SMILES string of the molecule is CCN(CC)c1cccc(NS(=O)(=O)c2ccc(C)cc2)c1. The van der Waals surface area contributed by atoms with Crippen molar-refractivity contribution in [3.63, 3.8) is 0 Å². The fourth-order valence-electron chi connectivity index (χ4n) is 2.29. The molecule has 0 amide bonds. The van der Waals surface area contributed by atoms with E-state index in [2.05, 4.69) is 23.5 Å². The van der Waals surface area contributed by atoms with E-state index in [4.69, 9.17) is 0 Å². The molecule has 22 heavy (non-hydrogen) atoms. The van der Waals surface area contributed by atoms with Crippen LogP contribution in [0.25, 0.3) is 0 Å². The van der Waals surface area contributed by atoms with Gasteiger partial charge in [-0.1, -0.05) is 23.8 Å². The smallest absolute Gasteiger partial charge is 0.261 e. The Morgan fingerprint density at radius 3 is 2.23 bits per heavy atom. The molecule has 0 aromatic heterocycles. The molecule has 118 valence electrons. The molecule has 2 aromatic rings. The van der Waals surface area contributed by atoms with E-state index in [1.807, 2.05) is 25.1 Å². The van der Waals surface area contributed by atoms with Crippen LogP contribution >= 0.6 is 0 Å². The maximum Gasteiger partial charge on any atom is 0.261 e. The van der Waals surface area contributed by atoms with Crippen LogP contribution in [0, 0.1) is 6.92 Å². The Kier molecular flexibility index (Phi) is 5.08. The summed E-state index contributed by atoms with van der Waals surface area (Å²) in [5.41, 5.74) is 2.61. The number of nitrogens with one attached hydrogen (secondary N) is 1. The van der Waals surface area contributed by atoms with Crippen LogP contribution in [0.3, 0.4) is 0 Å². The van der Waals surface area contributed by atoms with Crippen molar-refractivity contribution in [1.29, 1.82) is 0 Å². The quantitative estimate of drug-likeness (QED) is 0.884. The van der Waals surface area contributed by atoms with Crippen molar-refractivity contribution in [2.24, 2.45) is 0 Å². The first-order valence-corrected chi connectivity index (χ1v) is 8.89. The van der Waals surface area contributed by atoms with Gasteiger partial charge in [-0.25, -0.2) is 8.42 Å². The normalized spacial score (nSPS) is 11.2. The summed E-state index contributed by atoms with van der Waals surface area (Å²) in [4.78, 5) is 2.44. The van der Waals surface area contributed by atoms with E-state index < -0.39 is 10.0 Å². The van der Waals surface area contributed by atoms with E-state index in [-0.39, 0.29) is 4.90 Å². The highest BCUT2D eigenvalue weighted by Crippen LogP contribution is 2.22. The van der Waals surface area contributed by atoms with Crippen molar-refractivity contribution in [1.82, 2.24) is 0 Å². The molecule has 0 heterocycles. The Morgan fingerprint density at radius 1 is 1.00 bits per heavy atom. The zero-order valence-electron chi connectivity index (χ0n) is 13.2. The molecule has 1 N–H and O–H groups in total. The zero-order chi connectivity index (χ0) is 16.2. The second kappa shape index (κ2) is 6.83. The van der Waals surface area contributed by atoms with Gasteiger partial charge in [-0.3, -0.25) is 4.72 Å². The van der Waals surface area contributed by atoms with E-state index in [1.54, 1.807) is 30.3 Å². The van der Waals surface area contributed by atoms with Crippen molar-refractivity contribution < 1.29 is 8.42 Å². The fraction of sp³-hybridized carbons (Fsp3) is 0.294. The van der Waals surface area contributed by atoms with Gasteiger partial charge >= 0.3 is 0 Å². The van der Waals surface area contributed by atoms with Crippen LogP contribution in [0.1, 0.15) is 19.4 Å². The highest BCUT2D eigenvalue weighted by molar-refractivity contribution is 7.92. The Morgan fingerprint density at radius 2 is 1.64 bits per heavy atom. The molecule has 0 radical (unpaired) electrons. The number of sulfonamides is 1. The molecule has 0 fully saturated rings. The number of aryl methyl sites for hydroxylation is 1. The third kappa shape index (κ3) is 3.80. The van der Waals surface area contributed by atoms with Crippen LogP contribution in [0.15, 0.2) is 53.4 Å². The van der Waals surface area contributed by atoms with Gasteiger partial charge in [0.2, 0.25) is 0 Å². The van der Waals surface area contributed by atoms with E-state index in [0.717, 1.165) is 24.3 Å². The standard InChI is InChI=1S/C17H22N2O2S/c1-4-19(5-2)16-8-6-7-15(13-16)18-22(20,21)17-11-9-14(3)10-12-17/h6-13,18H,4-5H2,1-3H3. The average molecular weight is 318 g/mol. The molecule has 0 aliphatic rings. The van der Waals surface area contributed by atoms with Crippen molar-refractivity contribution >= 4 is 21.4 Å². The second-order valence-corrected chi connectivity index (χ2v) is 6.82. The molecule has 0 saturated heterocycles. The van der Waals surface area contributed by atoms with Crippen LogP contribution in [0.4, 0.5) is 11.4 Å². The van der Waals surface area contributed by atoms with Gasteiger partial charge in [0, 0.05) is 18.8 Å². The minimum Gasteiger partial charge on any atom is -0.372 e. The van der Waals surface area contributed by atoms with Gasteiger partial charge in [-0.15, -0.1) is 0 Å². The first-order valence-electron chi connectivity index (χ1n) is 7.40. The Balaban J connectivity index is 2.26. The summed E-state index contributed by atoms with van der Waals surface area (Å²) in [5, 5.41) is 0. The summed E-state index contributed by atoms with van der Waals surface area (Å²) in [6, 6.07) is 14.3. The number of nitrogens with zero attached hydrogens (tertiary/aromatic N) is 1. The number of benzene rings is 2. The monoisotopic (exact) mass is 318 g/mol. The summed E-state index contributed by atoms with van der Waals surface area (Å²) >= 11 is 0. The first kappa shape index (κ1) is 16.4. The predicted octanol–water partition coefficient (Wildman–Crippen LogP) is 3.64. The van der Waals surface area contributed by atoms with E-state index >= 15 is 0 Å². The average Bonchev–Trinajstić information content (AvgIpc) is 2.49. The molecule has 5 heteroatoms. The Bertz CT molecular complexity index is 721. The molecule has 0 aliphatic heterocycles. The maximum atomic E-state index is 12.4. The van der Waals surface area contributed by atoms with Crippen LogP contribution in [0.5, 0.6) is 0 Å². The summed E-state index contributed by atoms with van der Waals surface area (Å²) in [6.45, 7) is 7.84. The van der Waals surface area contributed by atoms with Crippen LogP contribution in [-0.4, -0.2) is 21.5 Å². The molecule has 0 bridgehead atoms. The van der Waals surface area contributed by atoms with Gasteiger partial charge in [-0.05, 0) is 51.1 Å². The lowest BCUT2D eigenvalue weighted by Crippen LogP contribution is -2.22. The summed E-state index contributed by atoms with van der Waals surface area (Å²) in [7, 11) is -3.55. The van der Waals surface area contributed by atoms with Crippen molar-refractivity contribution in [3.8, 4) is 0 Å². The zero-order valence-corrected chi connectivity index (χ0v) is 14.0. The first-order chi connectivity index (χ1) is 10.5. The van der Waals surface area contributed by atoms with E-state index in [9.17, 15) is 8.42 Å². The van der Waals surface area contributed by atoms with Crippen LogP contribution < -0.4 is 9.62 Å². The van der Waals surface area contributed by atoms with Gasteiger partial charge in [0.25, 0.3) is 10.0 Å². The largest absolute Gasteiger partial charge is 0.372 e. The van der Waals surface area contributed by atoms with Crippen molar-refractivity contribution in [2.75, 3.05) is 22.7 Å². The molecule has 2 rings (SSSR count). The Labute approximate surface area is 132 Å². The Hall–Kier alpha value is -2.01. The highest BCUT2D eigenvalue weighted by atomic mass is 32.2. The summed E-state index contributed by atoms with van der Waals surface area (Å²) < 4.78 is 27.5.